The fourth-order valence-corrected chi connectivity index (χ4v) is 3.62. The normalized spacial score (nSPS) is 11.4. The first kappa shape index (κ1) is 16.7. The Balaban J connectivity index is 2.14. The van der Waals surface area contributed by atoms with Crippen molar-refractivity contribution in [1.29, 1.82) is 0 Å². The maximum absolute atomic E-state index is 12.8. The molecule has 0 aliphatic heterocycles. The van der Waals surface area contributed by atoms with Crippen molar-refractivity contribution in [2.45, 2.75) is 11.8 Å². The molecule has 0 saturated carbocycles. The molecule has 3 aromatic rings. The molecule has 8 nitrogen and oxygen atoms in total. The molecule has 0 bridgehead atoms. The van der Waals surface area contributed by atoms with Crippen molar-refractivity contribution < 1.29 is 18.4 Å². The molecule has 0 unspecified atom stereocenters. The largest absolute Gasteiger partial charge is 0.502 e. The third kappa shape index (κ3) is 2.96. The van der Waals surface area contributed by atoms with Gasteiger partial charge in [0.2, 0.25) is 0 Å². The number of imidazole rings is 1. The van der Waals surface area contributed by atoms with Crippen LogP contribution in [0.25, 0.3) is 11.4 Å². The summed E-state index contributed by atoms with van der Waals surface area (Å²) < 4.78 is 26.6. The molecule has 0 aliphatic rings. The summed E-state index contributed by atoms with van der Waals surface area (Å²) in [6.07, 6.45) is 2.56. The zero-order chi connectivity index (χ0) is 18.2. The number of benzene rings is 2. The van der Waals surface area contributed by atoms with E-state index in [1.165, 1.54) is 30.6 Å². The van der Waals surface area contributed by atoms with Crippen LogP contribution in [0.5, 0.6) is 5.75 Å². The van der Waals surface area contributed by atoms with Crippen molar-refractivity contribution in [2.75, 3.05) is 0 Å². The second kappa shape index (κ2) is 6.02. The highest BCUT2D eigenvalue weighted by atomic mass is 32.2. The second-order valence-electron chi connectivity index (χ2n) is 5.33. The maximum Gasteiger partial charge on any atom is 0.311 e. The van der Waals surface area contributed by atoms with Gasteiger partial charge in [-0.25, -0.2) is 17.4 Å². The summed E-state index contributed by atoms with van der Waals surface area (Å²) in [7, 11) is -3.91. The van der Waals surface area contributed by atoms with Crippen molar-refractivity contribution in [3.05, 3.63) is 70.5 Å². The SMILES string of the molecule is Cc1ccc(S(=O)(=O)n2ccnc2-c2ccc(O)c([N+](=O)[O-])c2)cc1. The van der Waals surface area contributed by atoms with Crippen LogP contribution in [0.1, 0.15) is 5.56 Å². The smallest absolute Gasteiger partial charge is 0.311 e. The fourth-order valence-electron chi connectivity index (χ4n) is 2.32. The first-order valence-electron chi connectivity index (χ1n) is 7.14. The zero-order valence-electron chi connectivity index (χ0n) is 13.0. The number of phenols is 1. The third-order valence-electron chi connectivity index (χ3n) is 3.62. The number of aryl methyl sites for hydroxylation is 1. The number of hydrogen-bond acceptors (Lipinski definition) is 6. The van der Waals surface area contributed by atoms with Crippen molar-refractivity contribution in [3.63, 3.8) is 0 Å². The number of aromatic nitrogens is 2. The highest BCUT2D eigenvalue weighted by Crippen LogP contribution is 2.31. The van der Waals surface area contributed by atoms with Gasteiger partial charge < -0.3 is 5.11 Å². The highest BCUT2D eigenvalue weighted by molar-refractivity contribution is 7.90. The lowest BCUT2D eigenvalue weighted by molar-refractivity contribution is -0.385. The van der Waals surface area contributed by atoms with Gasteiger partial charge in [-0.2, -0.15) is 0 Å². The predicted molar refractivity (Wildman–Crippen MR) is 89.7 cm³/mol. The van der Waals surface area contributed by atoms with Crippen LogP contribution in [-0.4, -0.2) is 27.4 Å². The molecule has 0 radical (unpaired) electrons. The molecule has 25 heavy (non-hydrogen) atoms. The Morgan fingerprint density at radius 3 is 2.48 bits per heavy atom. The standard InChI is InChI=1S/C16H13N3O5S/c1-11-2-5-13(6-3-11)25(23,24)18-9-8-17-16(18)12-4-7-15(20)14(10-12)19(21)22/h2-10,20H,1H3. The first-order valence-corrected chi connectivity index (χ1v) is 8.58. The van der Waals surface area contributed by atoms with Gasteiger partial charge in [0.15, 0.2) is 11.6 Å². The van der Waals surface area contributed by atoms with E-state index in [1.807, 2.05) is 6.92 Å². The topological polar surface area (TPSA) is 115 Å². The first-order chi connectivity index (χ1) is 11.8. The monoisotopic (exact) mass is 359 g/mol. The van der Waals surface area contributed by atoms with Gasteiger partial charge in [-0.1, -0.05) is 17.7 Å². The number of phenolic OH excluding ortho intramolecular Hbond substituents is 1. The van der Waals surface area contributed by atoms with Crippen molar-refractivity contribution in [2.24, 2.45) is 0 Å². The van der Waals surface area contributed by atoms with E-state index in [1.54, 1.807) is 12.1 Å². The molecule has 1 heterocycles. The Morgan fingerprint density at radius 1 is 1.16 bits per heavy atom. The molecular weight excluding hydrogens is 346 g/mol. The zero-order valence-corrected chi connectivity index (χ0v) is 13.8. The summed E-state index contributed by atoms with van der Waals surface area (Å²) in [5.74, 6) is -0.489. The molecule has 0 amide bonds. The number of hydrogen-bond donors (Lipinski definition) is 1. The van der Waals surface area contributed by atoms with Crippen LogP contribution in [0.3, 0.4) is 0 Å². The number of nitrogens with zero attached hydrogens (tertiary/aromatic N) is 3. The van der Waals surface area contributed by atoms with E-state index in [9.17, 15) is 23.6 Å². The van der Waals surface area contributed by atoms with Crippen LogP contribution in [0.15, 0.2) is 59.8 Å². The Labute approximate surface area is 143 Å². The second-order valence-corrected chi connectivity index (χ2v) is 7.14. The molecule has 0 aliphatic carbocycles. The summed E-state index contributed by atoms with van der Waals surface area (Å²) in [6, 6.07) is 9.89. The minimum atomic E-state index is -3.91. The Bertz CT molecular complexity index is 1060. The lowest BCUT2D eigenvalue weighted by Gasteiger charge is -2.10. The number of nitro benzene ring substituents is 1. The van der Waals surface area contributed by atoms with Gasteiger partial charge in [-0.3, -0.25) is 10.1 Å². The summed E-state index contributed by atoms with van der Waals surface area (Å²) in [5.41, 5.74) is 0.587. The van der Waals surface area contributed by atoms with Gasteiger partial charge in [-0.15, -0.1) is 0 Å². The number of rotatable bonds is 4. The quantitative estimate of drug-likeness (QED) is 0.566. The minimum absolute atomic E-state index is 0.0173. The van der Waals surface area contributed by atoms with Crippen LogP contribution >= 0.6 is 0 Å². The van der Waals surface area contributed by atoms with E-state index < -0.39 is 26.4 Å². The molecular formula is C16H13N3O5S. The summed E-state index contributed by atoms with van der Waals surface area (Å²) in [4.78, 5) is 14.3. The predicted octanol–water partition coefficient (Wildman–Crippen LogP) is 2.71. The molecule has 2 aromatic carbocycles. The molecule has 0 spiro atoms. The van der Waals surface area contributed by atoms with Crippen molar-refractivity contribution >= 4 is 15.7 Å². The van der Waals surface area contributed by atoms with Gasteiger partial charge in [0.1, 0.15) is 0 Å². The molecule has 1 N–H and O–H groups in total. The Kier molecular flexibility index (Phi) is 4.01. The van der Waals surface area contributed by atoms with E-state index in [0.29, 0.717) is 0 Å². The van der Waals surface area contributed by atoms with Crippen LogP contribution in [-0.2, 0) is 10.0 Å². The third-order valence-corrected chi connectivity index (χ3v) is 5.30. The van der Waals surface area contributed by atoms with Crippen LogP contribution in [0, 0.1) is 17.0 Å². The van der Waals surface area contributed by atoms with Crippen LogP contribution in [0.2, 0.25) is 0 Å². The molecule has 3 rings (SSSR count). The van der Waals surface area contributed by atoms with Gasteiger partial charge in [0.25, 0.3) is 10.0 Å². The Morgan fingerprint density at radius 2 is 1.84 bits per heavy atom. The average molecular weight is 359 g/mol. The minimum Gasteiger partial charge on any atom is -0.502 e. The molecule has 0 fully saturated rings. The molecule has 1 aromatic heterocycles. The lowest BCUT2D eigenvalue weighted by Crippen LogP contribution is -2.13. The molecule has 9 heteroatoms. The van der Waals surface area contributed by atoms with E-state index >= 15 is 0 Å². The summed E-state index contributed by atoms with van der Waals surface area (Å²) in [5, 5.41) is 20.5. The van der Waals surface area contributed by atoms with E-state index in [0.717, 1.165) is 21.7 Å². The van der Waals surface area contributed by atoms with Gasteiger partial charge in [-0.05, 0) is 31.2 Å². The fraction of sp³-hybridized carbons (Fsp3) is 0.0625. The Hall–Kier alpha value is -3.20. The van der Waals surface area contributed by atoms with E-state index in [4.69, 9.17) is 0 Å². The van der Waals surface area contributed by atoms with Gasteiger partial charge in [0.05, 0.1) is 9.82 Å². The van der Waals surface area contributed by atoms with Crippen molar-refractivity contribution in [3.8, 4) is 17.1 Å². The van der Waals surface area contributed by atoms with Gasteiger partial charge in [0, 0.05) is 24.0 Å². The van der Waals surface area contributed by atoms with E-state index in [-0.39, 0.29) is 16.3 Å². The molecule has 0 saturated heterocycles. The van der Waals surface area contributed by atoms with Crippen molar-refractivity contribution in [1.82, 2.24) is 8.96 Å². The number of aromatic hydroxyl groups is 1. The summed E-state index contributed by atoms with van der Waals surface area (Å²) >= 11 is 0. The number of nitro groups is 1. The molecule has 128 valence electrons. The van der Waals surface area contributed by atoms with E-state index in [2.05, 4.69) is 4.98 Å². The maximum atomic E-state index is 12.8. The highest BCUT2D eigenvalue weighted by Gasteiger charge is 2.23. The lowest BCUT2D eigenvalue weighted by atomic mass is 10.2. The van der Waals surface area contributed by atoms with Gasteiger partial charge >= 0.3 is 5.69 Å². The molecule has 0 atom stereocenters. The van der Waals surface area contributed by atoms with Crippen LogP contribution < -0.4 is 0 Å². The average Bonchev–Trinajstić information content (AvgIpc) is 3.06. The van der Waals surface area contributed by atoms with Crippen LogP contribution in [0.4, 0.5) is 5.69 Å². The summed E-state index contributed by atoms with van der Waals surface area (Å²) in [6.45, 7) is 1.84.